The second kappa shape index (κ2) is 3.71. The van der Waals surface area contributed by atoms with Gasteiger partial charge in [0.2, 0.25) is 0 Å². The molecule has 0 spiro atoms. The number of ketones is 1. The number of hydrogen-bond donors (Lipinski definition) is 0. The average Bonchev–Trinajstić information content (AvgIpc) is 2.39. The molecule has 0 aromatic carbocycles. The second-order valence-electron chi connectivity index (χ2n) is 4.32. The summed E-state index contributed by atoms with van der Waals surface area (Å²) in [6.45, 7) is 2.27. The average molecular weight is 196 g/mol. The highest BCUT2D eigenvalue weighted by Crippen LogP contribution is 2.45. The van der Waals surface area contributed by atoms with Gasteiger partial charge in [0.1, 0.15) is 5.78 Å². The van der Waals surface area contributed by atoms with E-state index in [1.807, 2.05) is 6.92 Å². The lowest BCUT2D eigenvalue weighted by Crippen LogP contribution is -2.33. The Hall–Kier alpha value is -0.860. The molecule has 3 nitrogen and oxygen atoms in total. The van der Waals surface area contributed by atoms with E-state index in [-0.39, 0.29) is 23.7 Å². The zero-order valence-corrected chi connectivity index (χ0v) is 8.49. The molecule has 0 unspecified atom stereocenters. The third-order valence-electron chi connectivity index (χ3n) is 3.46. The topological polar surface area (TPSA) is 43.4 Å². The monoisotopic (exact) mass is 196 g/mol. The third kappa shape index (κ3) is 1.56. The lowest BCUT2D eigenvalue weighted by Gasteiger charge is -2.26. The minimum absolute atomic E-state index is 0.0210. The predicted octanol–water partition coefficient (Wildman–Crippen LogP) is 1.55. The Kier molecular flexibility index (Phi) is 2.57. The fourth-order valence-corrected chi connectivity index (χ4v) is 2.92. The molecule has 0 heterocycles. The fraction of sp³-hybridized carbons (Fsp3) is 0.818. The molecule has 0 aromatic rings. The van der Waals surface area contributed by atoms with Crippen molar-refractivity contribution in [2.45, 2.75) is 32.6 Å². The summed E-state index contributed by atoms with van der Waals surface area (Å²) in [5, 5.41) is 0. The SMILES string of the molecule is CCOC(=O)C1[C@@H]2CC[C@@H]1CC(=O)C2. The third-order valence-corrected chi connectivity index (χ3v) is 3.46. The standard InChI is InChI=1S/C11H16O3/c1-2-14-11(13)10-7-3-4-8(10)6-9(12)5-7/h7-8,10H,2-6H2,1H3/t7-,8-/m1/s1. The minimum Gasteiger partial charge on any atom is -0.466 e. The van der Waals surface area contributed by atoms with E-state index in [0.717, 1.165) is 12.8 Å². The Bertz CT molecular complexity index is 243. The normalized spacial score (nSPS) is 35.8. The summed E-state index contributed by atoms with van der Waals surface area (Å²) in [5.41, 5.74) is 0. The van der Waals surface area contributed by atoms with Gasteiger partial charge < -0.3 is 4.74 Å². The van der Waals surface area contributed by atoms with Gasteiger partial charge in [0.25, 0.3) is 0 Å². The molecule has 2 atom stereocenters. The number of Topliss-reactive ketones (excluding diaryl/α,β-unsaturated/α-hetero) is 1. The first-order chi connectivity index (χ1) is 6.72. The maximum absolute atomic E-state index is 11.6. The van der Waals surface area contributed by atoms with Crippen molar-refractivity contribution in [1.82, 2.24) is 0 Å². The van der Waals surface area contributed by atoms with Crippen molar-refractivity contribution < 1.29 is 14.3 Å². The first-order valence-corrected chi connectivity index (χ1v) is 5.40. The molecule has 3 heteroatoms. The van der Waals surface area contributed by atoms with Crippen LogP contribution in [0, 0.1) is 17.8 Å². The molecule has 0 aliphatic heterocycles. The van der Waals surface area contributed by atoms with Crippen molar-refractivity contribution >= 4 is 11.8 Å². The van der Waals surface area contributed by atoms with Crippen LogP contribution in [0.4, 0.5) is 0 Å². The number of ether oxygens (including phenoxy) is 1. The lowest BCUT2D eigenvalue weighted by atomic mass is 9.78. The zero-order valence-electron chi connectivity index (χ0n) is 8.49. The summed E-state index contributed by atoms with van der Waals surface area (Å²) in [4.78, 5) is 22.9. The van der Waals surface area contributed by atoms with E-state index in [9.17, 15) is 9.59 Å². The van der Waals surface area contributed by atoms with E-state index in [1.165, 1.54) is 0 Å². The first kappa shape index (κ1) is 9.69. The fourth-order valence-electron chi connectivity index (χ4n) is 2.92. The van der Waals surface area contributed by atoms with Gasteiger partial charge in [-0.25, -0.2) is 0 Å². The molecular weight excluding hydrogens is 180 g/mol. The summed E-state index contributed by atoms with van der Waals surface area (Å²) in [6.07, 6.45) is 3.25. The second-order valence-corrected chi connectivity index (χ2v) is 4.32. The van der Waals surface area contributed by atoms with Crippen LogP contribution in [0.25, 0.3) is 0 Å². The number of hydrogen-bond acceptors (Lipinski definition) is 3. The minimum atomic E-state index is -0.0764. The highest BCUT2D eigenvalue weighted by Gasteiger charge is 2.46. The number of carbonyl (C=O) groups excluding carboxylic acids is 2. The smallest absolute Gasteiger partial charge is 0.309 e. The summed E-state index contributed by atoms with van der Waals surface area (Å²) < 4.78 is 5.05. The molecular formula is C11H16O3. The Morgan fingerprint density at radius 3 is 2.43 bits per heavy atom. The highest BCUT2D eigenvalue weighted by atomic mass is 16.5. The Balaban J connectivity index is 2.07. The molecule has 2 saturated carbocycles. The number of esters is 1. The van der Waals surface area contributed by atoms with Gasteiger partial charge >= 0.3 is 5.97 Å². The number of rotatable bonds is 2. The van der Waals surface area contributed by atoms with E-state index in [4.69, 9.17) is 4.74 Å². The molecule has 14 heavy (non-hydrogen) atoms. The van der Waals surface area contributed by atoms with E-state index < -0.39 is 0 Å². The van der Waals surface area contributed by atoms with Crippen LogP contribution in [0.1, 0.15) is 32.6 Å². The van der Waals surface area contributed by atoms with Crippen LogP contribution in [-0.2, 0) is 14.3 Å². The van der Waals surface area contributed by atoms with Crippen LogP contribution < -0.4 is 0 Å². The van der Waals surface area contributed by atoms with Crippen LogP contribution in [0.5, 0.6) is 0 Å². The van der Waals surface area contributed by atoms with Gasteiger partial charge in [-0.05, 0) is 31.6 Å². The largest absolute Gasteiger partial charge is 0.466 e. The van der Waals surface area contributed by atoms with E-state index in [0.29, 0.717) is 25.2 Å². The summed E-state index contributed by atoms with van der Waals surface area (Å²) in [6, 6.07) is 0. The molecule has 0 aromatic heterocycles. The molecule has 2 aliphatic rings. The molecule has 0 saturated heterocycles. The van der Waals surface area contributed by atoms with Crippen LogP contribution in [-0.4, -0.2) is 18.4 Å². The van der Waals surface area contributed by atoms with Gasteiger partial charge in [0.15, 0.2) is 0 Å². The summed E-state index contributed by atoms with van der Waals surface area (Å²) >= 11 is 0. The maximum atomic E-state index is 11.6. The Labute approximate surface area is 83.8 Å². The molecule has 0 N–H and O–H groups in total. The number of fused-ring (bicyclic) bond motifs is 2. The van der Waals surface area contributed by atoms with Gasteiger partial charge in [-0.15, -0.1) is 0 Å². The molecule has 0 radical (unpaired) electrons. The molecule has 2 fully saturated rings. The number of carbonyl (C=O) groups is 2. The Morgan fingerprint density at radius 1 is 1.36 bits per heavy atom. The molecule has 2 aliphatic carbocycles. The molecule has 78 valence electrons. The zero-order chi connectivity index (χ0) is 10.1. The maximum Gasteiger partial charge on any atom is 0.309 e. The van der Waals surface area contributed by atoms with Gasteiger partial charge in [-0.1, -0.05) is 0 Å². The van der Waals surface area contributed by atoms with Gasteiger partial charge in [-0.3, -0.25) is 9.59 Å². The summed E-state index contributed by atoms with van der Waals surface area (Å²) in [7, 11) is 0. The van der Waals surface area contributed by atoms with Crippen LogP contribution >= 0.6 is 0 Å². The first-order valence-electron chi connectivity index (χ1n) is 5.40. The van der Waals surface area contributed by atoms with Crippen molar-refractivity contribution in [3.8, 4) is 0 Å². The van der Waals surface area contributed by atoms with Gasteiger partial charge in [0, 0.05) is 12.8 Å². The molecule has 2 bridgehead atoms. The molecule has 2 rings (SSSR count). The van der Waals surface area contributed by atoms with Crippen molar-refractivity contribution in [3.63, 3.8) is 0 Å². The van der Waals surface area contributed by atoms with E-state index >= 15 is 0 Å². The van der Waals surface area contributed by atoms with Crippen molar-refractivity contribution in [3.05, 3.63) is 0 Å². The van der Waals surface area contributed by atoms with Crippen LogP contribution in [0.3, 0.4) is 0 Å². The molecule has 0 amide bonds. The van der Waals surface area contributed by atoms with Crippen molar-refractivity contribution in [1.29, 1.82) is 0 Å². The van der Waals surface area contributed by atoms with Crippen LogP contribution in [0.2, 0.25) is 0 Å². The highest BCUT2D eigenvalue weighted by molar-refractivity contribution is 5.84. The van der Waals surface area contributed by atoms with Crippen molar-refractivity contribution in [2.75, 3.05) is 6.61 Å². The van der Waals surface area contributed by atoms with Gasteiger partial charge in [-0.2, -0.15) is 0 Å². The summed E-state index contributed by atoms with van der Waals surface area (Å²) in [5.74, 6) is 0.832. The van der Waals surface area contributed by atoms with Crippen LogP contribution in [0.15, 0.2) is 0 Å². The van der Waals surface area contributed by atoms with E-state index in [1.54, 1.807) is 0 Å². The quantitative estimate of drug-likeness (QED) is 0.629. The van der Waals surface area contributed by atoms with E-state index in [2.05, 4.69) is 0 Å². The Morgan fingerprint density at radius 2 is 1.93 bits per heavy atom. The predicted molar refractivity (Wildman–Crippen MR) is 50.6 cm³/mol. The van der Waals surface area contributed by atoms with Gasteiger partial charge in [0.05, 0.1) is 12.5 Å². The lowest BCUT2D eigenvalue weighted by molar-refractivity contribution is -0.152. The van der Waals surface area contributed by atoms with Crippen molar-refractivity contribution in [2.24, 2.45) is 17.8 Å².